The van der Waals surface area contributed by atoms with Crippen molar-refractivity contribution >= 4 is 29.8 Å². The van der Waals surface area contributed by atoms with E-state index in [0.717, 1.165) is 74.7 Å². The van der Waals surface area contributed by atoms with Crippen molar-refractivity contribution < 1.29 is 9.53 Å². The first-order valence-electron chi connectivity index (χ1n) is 11.5. The molecule has 2 fully saturated rings. The fourth-order valence-corrected chi connectivity index (χ4v) is 5.85. The molecule has 31 heavy (non-hydrogen) atoms. The second-order valence-electron chi connectivity index (χ2n) is 8.35. The third-order valence-corrected chi connectivity index (χ3v) is 7.49. The van der Waals surface area contributed by atoms with Crippen LogP contribution in [-0.2, 0) is 4.74 Å². The van der Waals surface area contributed by atoms with E-state index in [1.165, 1.54) is 4.88 Å². The number of amides is 1. The minimum Gasteiger partial charge on any atom is -0.450 e. The van der Waals surface area contributed by atoms with Crippen LogP contribution in [0, 0.1) is 13.8 Å². The summed E-state index contributed by atoms with van der Waals surface area (Å²) >= 11 is 1.72. The largest absolute Gasteiger partial charge is 0.450 e. The minimum atomic E-state index is -0.165. The summed E-state index contributed by atoms with van der Waals surface area (Å²) in [5.74, 6) is 0. The van der Waals surface area contributed by atoms with Crippen LogP contribution in [0.5, 0.6) is 0 Å². The Balaban J connectivity index is 1.58. The molecule has 0 bridgehead atoms. The van der Waals surface area contributed by atoms with Gasteiger partial charge >= 0.3 is 6.09 Å². The molecule has 3 heterocycles. The zero-order chi connectivity index (χ0) is 22.4. The van der Waals surface area contributed by atoms with Crippen LogP contribution in [0.2, 0.25) is 0 Å². The average molecular weight is 448 g/mol. The Labute approximate surface area is 190 Å². The fourth-order valence-electron chi connectivity index (χ4n) is 4.86. The van der Waals surface area contributed by atoms with Gasteiger partial charge in [-0.3, -0.25) is 5.01 Å². The maximum atomic E-state index is 12.1. The van der Waals surface area contributed by atoms with E-state index < -0.39 is 0 Å². The summed E-state index contributed by atoms with van der Waals surface area (Å²) in [7, 11) is 0. The van der Waals surface area contributed by atoms with Crippen molar-refractivity contribution in [1.82, 2.24) is 19.8 Å². The van der Waals surface area contributed by atoms with Crippen LogP contribution >= 0.6 is 11.3 Å². The van der Waals surface area contributed by atoms with Gasteiger partial charge in [0.05, 0.1) is 33.9 Å². The molecule has 0 spiro atoms. The first-order chi connectivity index (χ1) is 15.0. The van der Waals surface area contributed by atoms with E-state index in [1.54, 1.807) is 11.3 Å². The number of aryl methyl sites for hydroxylation is 2. The molecule has 1 amide bonds. The number of hydrazone groups is 1. The normalized spacial score (nSPS) is 21.6. The molecule has 3 rings (SSSR count). The van der Waals surface area contributed by atoms with E-state index in [0.29, 0.717) is 18.7 Å². The lowest BCUT2D eigenvalue weighted by Crippen LogP contribution is -2.46. The second kappa shape index (κ2) is 11.1. The Kier molecular flexibility index (Phi) is 8.49. The molecule has 172 valence electrons. The number of thiazole rings is 1. The highest BCUT2D eigenvalue weighted by Gasteiger charge is 2.31. The van der Waals surface area contributed by atoms with Gasteiger partial charge < -0.3 is 14.5 Å². The van der Waals surface area contributed by atoms with E-state index in [9.17, 15) is 4.79 Å². The van der Waals surface area contributed by atoms with Crippen molar-refractivity contribution in [3.63, 3.8) is 0 Å². The Hall–Kier alpha value is -1.93. The Morgan fingerprint density at radius 2 is 2.00 bits per heavy atom. The number of allylic oxidation sites excluding steroid dienone is 1. The monoisotopic (exact) mass is 447 g/mol. The van der Waals surface area contributed by atoms with E-state index in [2.05, 4.69) is 53.6 Å². The fraction of sp³-hybridized carbons (Fsp3) is 0.696. The third-order valence-electron chi connectivity index (χ3n) is 6.39. The maximum Gasteiger partial charge on any atom is 0.409 e. The number of rotatable bonds is 6. The Morgan fingerprint density at radius 1 is 1.26 bits per heavy atom. The Bertz CT molecular complexity index is 785. The summed E-state index contributed by atoms with van der Waals surface area (Å²) in [5.41, 5.74) is 2.18. The van der Waals surface area contributed by atoms with Gasteiger partial charge in [0, 0.05) is 38.9 Å². The summed E-state index contributed by atoms with van der Waals surface area (Å²) in [5, 5.41) is 7.62. The highest BCUT2D eigenvalue weighted by molar-refractivity contribution is 7.12. The van der Waals surface area contributed by atoms with Crippen molar-refractivity contribution in [3.8, 4) is 0 Å². The maximum absolute atomic E-state index is 12.1. The lowest BCUT2D eigenvalue weighted by molar-refractivity contribution is 0.0971. The summed E-state index contributed by atoms with van der Waals surface area (Å²) in [4.78, 5) is 22.4. The van der Waals surface area contributed by atoms with Crippen LogP contribution < -0.4 is 0 Å². The van der Waals surface area contributed by atoms with Crippen molar-refractivity contribution in [2.75, 3.05) is 32.8 Å². The molecule has 0 N–H and O–H groups in total. The minimum absolute atomic E-state index is 0.165. The molecule has 2 aliphatic heterocycles. The number of ether oxygens (including phenoxy) is 1. The van der Waals surface area contributed by atoms with Gasteiger partial charge in [-0.25, -0.2) is 9.78 Å². The highest BCUT2D eigenvalue weighted by Crippen LogP contribution is 2.33. The van der Waals surface area contributed by atoms with Crippen LogP contribution in [0.15, 0.2) is 11.2 Å². The van der Waals surface area contributed by atoms with Crippen LogP contribution in [0.25, 0.3) is 5.70 Å². The molecule has 2 aliphatic rings. The number of piperidine rings is 1. The molecule has 7 nitrogen and oxygen atoms in total. The summed E-state index contributed by atoms with van der Waals surface area (Å²) < 4.78 is 5.19. The highest BCUT2D eigenvalue weighted by atomic mass is 32.1. The molecule has 1 atom stereocenters. The molecule has 1 aromatic heterocycles. The smallest absolute Gasteiger partial charge is 0.409 e. The molecule has 2 saturated heterocycles. The number of likely N-dealkylation sites (tertiary alicyclic amines) is 2. The number of nitrogens with zero attached hydrogens (tertiary/aromatic N) is 5. The number of hydrogen-bond donors (Lipinski definition) is 0. The molecule has 0 saturated carbocycles. The van der Waals surface area contributed by atoms with Gasteiger partial charge in [0.25, 0.3) is 0 Å². The topological polar surface area (TPSA) is 61.3 Å². The van der Waals surface area contributed by atoms with Crippen LogP contribution in [0.1, 0.15) is 61.5 Å². The summed E-state index contributed by atoms with van der Waals surface area (Å²) in [6, 6.07) is 0.890. The van der Waals surface area contributed by atoms with Gasteiger partial charge in [0.1, 0.15) is 0 Å². The van der Waals surface area contributed by atoms with E-state index in [-0.39, 0.29) is 6.09 Å². The van der Waals surface area contributed by atoms with Crippen molar-refractivity contribution in [2.45, 2.75) is 71.9 Å². The molecule has 1 aromatic rings. The summed E-state index contributed by atoms with van der Waals surface area (Å²) in [6.07, 6.45) is 7.29. The quantitative estimate of drug-likeness (QED) is 0.474. The van der Waals surface area contributed by atoms with Gasteiger partial charge in [0.15, 0.2) is 0 Å². The van der Waals surface area contributed by atoms with Gasteiger partial charge in [-0.2, -0.15) is 5.10 Å². The van der Waals surface area contributed by atoms with Crippen molar-refractivity contribution in [3.05, 3.63) is 21.7 Å². The molecular formula is C23H37N5O2S. The number of aromatic nitrogens is 1. The molecule has 1 unspecified atom stereocenters. The molecular weight excluding hydrogens is 410 g/mol. The van der Waals surface area contributed by atoms with Crippen LogP contribution in [0.4, 0.5) is 4.79 Å². The van der Waals surface area contributed by atoms with Crippen LogP contribution in [0.3, 0.4) is 0 Å². The molecule has 0 aliphatic carbocycles. The SMILES string of the molecule is C=NN(/C(=C\C)c1sc(C)nc1C)C1CCN(C2CCCN(C(=O)OCC)CC2)CC1. The zero-order valence-electron chi connectivity index (χ0n) is 19.5. The Morgan fingerprint density at radius 3 is 2.58 bits per heavy atom. The third kappa shape index (κ3) is 5.66. The molecule has 0 radical (unpaired) electrons. The predicted octanol–water partition coefficient (Wildman–Crippen LogP) is 4.51. The van der Waals surface area contributed by atoms with E-state index in [4.69, 9.17) is 4.74 Å². The van der Waals surface area contributed by atoms with E-state index in [1.807, 2.05) is 11.8 Å². The standard InChI is InChI=1S/C23H37N5O2S/c1-6-21(22-17(3)25-18(4)31-22)28(24-5)20-11-14-26(15-12-20)19-9-8-13-27(16-10-19)23(29)30-7-2/h6,19-20H,5,7-16H2,1-4H3/b21-6-. The van der Waals surface area contributed by atoms with Gasteiger partial charge in [-0.05, 0) is 59.8 Å². The first kappa shape index (κ1) is 23.7. The number of carbonyl (C=O) groups is 1. The first-order valence-corrected chi connectivity index (χ1v) is 12.3. The van der Waals surface area contributed by atoms with Crippen LogP contribution in [-0.4, -0.2) is 77.5 Å². The number of hydrogen-bond acceptors (Lipinski definition) is 7. The van der Waals surface area contributed by atoms with Crippen molar-refractivity contribution in [2.24, 2.45) is 5.10 Å². The second-order valence-corrected chi connectivity index (χ2v) is 9.55. The van der Waals surface area contributed by atoms with E-state index >= 15 is 0 Å². The predicted molar refractivity (Wildman–Crippen MR) is 127 cm³/mol. The molecule has 8 heteroatoms. The van der Waals surface area contributed by atoms with Gasteiger partial charge in [0.2, 0.25) is 0 Å². The number of carbonyl (C=O) groups excluding carboxylic acids is 1. The lowest BCUT2D eigenvalue weighted by atomic mass is 9.99. The van der Waals surface area contributed by atoms with Gasteiger partial charge in [-0.1, -0.05) is 6.08 Å². The van der Waals surface area contributed by atoms with Gasteiger partial charge in [-0.15, -0.1) is 11.3 Å². The molecule has 0 aromatic carbocycles. The average Bonchev–Trinajstić information content (AvgIpc) is 2.95. The lowest BCUT2D eigenvalue weighted by Gasteiger charge is -2.40. The van der Waals surface area contributed by atoms with Crippen molar-refractivity contribution in [1.29, 1.82) is 0 Å². The summed E-state index contributed by atoms with van der Waals surface area (Å²) in [6.45, 7) is 16.1. The zero-order valence-corrected chi connectivity index (χ0v) is 20.3.